The minimum atomic E-state index is -3.73. The molecule has 0 amide bonds. The van der Waals surface area contributed by atoms with E-state index < -0.39 is 10.0 Å². The van der Waals surface area contributed by atoms with Gasteiger partial charge in [0.05, 0.1) is 31.3 Å². The lowest BCUT2D eigenvalue weighted by molar-refractivity contribution is 0.414. The molecular formula is C21H21NO4S. The van der Waals surface area contributed by atoms with E-state index >= 15 is 0 Å². The van der Waals surface area contributed by atoms with Gasteiger partial charge >= 0.3 is 0 Å². The molecule has 0 aliphatic heterocycles. The number of methoxy groups -OCH3 is 2. The van der Waals surface area contributed by atoms with Crippen LogP contribution in [0.3, 0.4) is 0 Å². The van der Waals surface area contributed by atoms with Gasteiger partial charge in [0.1, 0.15) is 11.5 Å². The van der Waals surface area contributed by atoms with Gasteiger partial charge in [0.15, 0.2) is 0 Å². The van der Waals surface area contributed by atoms with E-state index in [4.69, 9.17) is 9.47 Å². The van der Waals surface area contributed by atoms with Crippen LogP contribution < -0.4 is 13.8 Å². The van der Waals surface area contributed by atoms with Crippen molar-refractivity contribution in [1.82, 2.24) is 0 Å². The third-order valence-corrected chi connectivity index (χ3v) is 5.96. The predicted molar refractivity (Wildman–Crippen MR) is 106 cm³/mol. The van der Waals surface area contributed by atoms with Crippen LogP contribution in [0.25, 0.3) is 0 Å². The summed E-state index contributed by atoms with van der Waals surface area (Å²) in [7, 11) is -0.556. The highest BCUT2D eigenvalue weighted by Crippen LogP contribution is 2.28. The molecule has 5 nitrogen and oxygen atoms in total. The second-order valence-corrected chi connectivity index (χ2v) is 7.73. The normalized spacial score (nSPS) is 11.0. The summed E-state index contributed by atoms with van der Waals surface area (Å²) in [5.74, 6) is 1.39. The smallest absolute Gasteiger partial charge is 0.264 e. The maximum Gasteiger partial charge on any atom is 0.264 e. The number of rotatable bonds is 7. The van der Waals surface area contributed by atoms with Gasteiger partial charge in [-0.1, -0.05) is 30.3 Å². The lowest BCUT2D eigenvalue weighted by Gasteiger charge is -2.25. The van der Waals surface area contributed by atoms with Gasteiger partial charge in [-0.05, 0) is 54.1 Å². The van der Waals surface area contributed by atoms with Crippen LogP contribution in [0, 0.1) is 0 Å². The summed E-state index contributed by atoms with van der Waals surface area (Å²) in [6.45, 7) is 0.202. The molecule has 0 fully saturated rings. The molecule has 0 atom stereocenters. The fraction of sp³-hybridized carbons (Fsp3) is 0.143. The lowest BCUT2D eigenvalue weighted by atomic mass is 10.2. The first-order valence-electron chi connectivity index (χ1n) is 8.39. The standard InChI is InChI=1S/C21H21NO4S/c1-25-19-12-8-17(9-13-19)16-22(18-10-14-20(26-2)15-11-18)27(23,24)21-6-4-3-5-7-21/h3-15H,16H2,1-2H3. The molecule has 3 rings (SSSR count). The van der Waals surface area contributed by atoms with Gasteiger partial charge in [0.25, 0.3) is 10.0 Å². The molecule has 0 aromatic heterocycles. The molecule has 0 saturated carbocycles. The first kappa shape index (κ1) is 18.8. The zero-order valence-corrected chi connectivity index (χ0v) is 16.0. The third-order valence-electron chi connectivity index (χ3n) is 4.18. The first-order chi connectivity index (χ1) is 13.0. The summed E-state index contributed by atoms with van der Waals surface area (Å²) in [5.41, 5.74) is 1.42. The van der Waals surface area contributed by atoms with Gasteiger partial charge in [-0.15, -0.1) is 0 Å². The van der Waals surface area contributed by atoms with Gasteiger partial charge in [-0.3, -0.25) is 4.31 Å². The van der Waals surface area contributed by atoms with Crippen LogP contribution in [-0.4, -0.2) is 22.6 Å². The summed E-state index contributed by atoms with van der Waals surface area (Å²) in [6.07, 6.45) is 0. The second-order valence-electron chi connectivity index (χ2n) is 5.87. The molecule has 140 valence electrons. The first-order valence-corrected chi connectivity index (χ1v) is 9.83. The molecule has 0 heterocycles. The average Bonchev–Trinajstić information content (AvgIpc) is 2.73. The second kappa shape index (κ2) is 8.14. The third kappa shape index (κ3) is 4.23. The van der Waals surface area contributed by atoms with E-state index in [0.717, 1.165) is 11.3 Å². The Hall–Kier alpha value is -2.99. The molecule has 0 saturated heterocycles. The fourth-order valence-corrected chi connectivity index (χ4v) is 4.15. The van der Waals surface area contributed by atoms with Gasteiger partial charge in [-0.25, -0.2) is 8.42 Å². The van der Waals surface area contributed by atoms with Crippen molar-refractivity contribution in [2.45, 2.75) is 11.4 Å². The van der Waals surface area contributed by atoms with Crippen LogP contribution in [0.2, 0.25) is 0 Å². The molecular weight excluding hydrogens is 362 g/mol. The average molecular weight is 383 g/mol. The highest BCUT2D eigenvalue weighted by Gasteiger charge is 2.25. The fourth-order valence-electron chi connectivity index (χ4n) is 2.68. The highest BCUT2D eigenvalue weighted by atomic mass is 32.2. The van der Waals surface area contributed by atoms with E-state index in [1.54, 1.807) is 68.8 Å². The number of benzene rings is 3. The van der Waals surface area contributed by atoms with Crippen LogP contribution >= 0.6 is 0 Å². The summed E-state index contributed by atoms with van der Waals surface area (Å²) in [4.78, 5) is 0.245. The van der Waals surface area contributed by atoms with Crippen molar-refractivity contribution in [2.24, 2.45) is 0 Å². The van der Waals surface area contributed by atoms with Gasteiger partial charge < -0.3 is 9.47 Å². The van der Waals surface area contributed by atoms with E-state index in [9.17, 15) is 8.42 Å². The maximum absolute atomic E-state index is 13.3. The number of nitrogens with zero attached hydrogens (tertiary/aromatic N) is 1. The van der Waals surface area contributed by atoms with Crippen molar-refractivity contribution in [3.63, 3.8) is 0 Å². The number of ether oxygens (including phenoxy) is 2. The number of hydrogen-bond donors (Lipinski definition) is 0. The van der Waals surface area contributed by atoms with Crippen LogP contribution in [0.1, 0.15) is 5.56 Å². The summed E-state index contributed by atoms with van der Waals surface area (Å²) in [6, 6.07) is 22.7. The zero-order valence-electron chi connectivity index (χ0n) is 15.2. The van der Waals surface area contributed by atoms with E-state index in [0.29, 0.717) is 11.4 Å². The Morgan fingerprint density at radius 1 is 0.741 bits per heavy atom. The molecule has 0 radical (unpaired) electrons. The Morgan fingerprint density at radius 2 is 1.26 bits per heavy atom. The largest absolute Gasteiger partial charge is 0.497 e. The van der Waals surface area contributed by atoms with Crippen molar-refractivity contribution in [3.05, 3.63) is 84.4 Å². The molecule has 3 aromatic carbocycles. The van der Waals surface area contributed by atoms with Gasteiger partial charge in [0.2, 0.25) is 0 Å². The van der Waals surface area contributed by atoms with Gasteiger partial charge in [0, 0.05) is 0 Å². The van der Waals surface area contributed by atoms with E-state index in [1.165, 1.54) is 4.31 Å². The molecule has 0 aliphatic carbocycles. The molecule has 0 unspecified atom stereocenters. The molecule has 0 spiro atoms. The van der Waals surface area contributed by atoms with Crippen LogP contribution in [-0.2, 0) is 16.6 Å². The van der Waals surface area contributed by atoms with Crippen molar-refractivity contribution in [3.8, 4) is 11.5 Å². The monoisotopic (exact) mass is 383 g/mol. The number of sulfonamides is 1. The Bertz CT molecular complexity index is 969. The lowest BCUT2D eigenvalue weighted by Crippen LogP contribution is -2.30. The summed E-state index contributed by atoms with van der Waals surface area (Å²) >= 11 is 0. The SMILES string of the molecule is COc1ccc(CN(c2ccc(OC)cc2)S(=O)(=O)c2ccccc2)cc1. The topological polar surface area (TPSA) is 55.8 Å². The van der Waals surface area contributed by atoms with Crippen LogP contribution in [0.15, 0.2) is 83.8 Å². The summed E-state index contributed by atoms with van der Waals surface area (Å²) < 4.78 is 38.3. The molecule has 27 heavy (non-hydrogen) atoms. The van der Waals surface area contributed by atoms with Gasteiger partial charge in [-0.2, -0.15) is 0 Å². The van der Waals surface area contributed by atoms with E-state index in [-0.39, 0.29) is 11.4 Å². The molecule has 3 aromatic rings. The van der Waals surface area contributed by atoms with Crippen LogP contribution in [0.5, 0.6) is 11.5 Å². The summed E-state index contributed by atoms with van der Waals surface area (Å²) in [5, 5.41) is 0. The molecule has 0 bridgehead atoms. The zero-order chi connectivity index (χ0) is 19.3. The number of hydrogen-bond acceptors (Lipinski definition) is 4. The predicted octanol–water partition coefficient (Wildman–Crippen LogP) is 4.10. The Balaban J connectivity index is 2.02. The Labute approximate surface area is 159 Å². The molecule has 0 N–H and O–H groups in total. The van der Waals surface area contributed by atoms with E-state index in [2.05, 4.69) is 0 Å². The van der Waals surface area contributed by atoms with Crippen molar-refractivity contribution in [2.75, 3.05) is 18.5 Å². The van der Waals surface area contributed by atoms with Crippen LogP contribution in [0.4, 0.5) is 5.69 Å². The minimum absolute atomic E-state index is 0.202. The van der Waals surface area contributed by atoms with E-state index in [1.807, 2.05) is 24.3 Å². The molecule has 0 aliphatic rings. The number of anilines is 1. The quantitative estimate of drug-likeness (QED) is 0.616. The highest BCUT2D eigenvalue weighted by molar-refractivity contribution is 7.92. The minimum Gasteiger partial charge on any atom is -0.497 e. The maximum atomic E-state index is 13.3. The Kier molecular flexibility index (Phi) is 5.66. The molecule has 6 heteroatoms. The Morgan fingerprint density at radius 3 is 1.78 bits per heavy atom. The van der Waals surface area contributed by atoms with Crippen molar-refractivity contribution in [1.29, 1.82) is 0 Å². The van der Waals surface area contributed by atoms with Crippen molar-refractivity contribution >= 4 is 15.7 Å². The van der Waals surface area contributed by atoms with Crippen molar-refractivity contribution < 1.29 is 17.9 Å².